The summed E-state index contributed by atoms with van der Waals surface area (Å²) < 4.78 is 12.9. The number of carbonyl (C=O) groups is 1. The van der Waals surface area contributed by atoms with Crippen molar-refractivity contribution in [2.24, 2.45) is 0 Å². The fourth-order valence-corrected chi connectivity index (χ4v) is 4.64. The lowest BCUT2D eigenvalue weighted by Gasteiger charge is -2.43. The Balaban J connectivity index is 1.61. The molecule has 1 spiro atoms. The maximum atomic E-state index is 12.1. The third kappa shape index (κ3) is 3.43. The quantitative estimate of drug-likeness (QED) is 0.652. The van der Waals surface area contributed by atoms with Gasteiger partial charge in [-0.2, -0.15) is 0 Å². The molecule has 6 heteroatoms. The highest BCUT2D eigenvalue weighted by Crippen LogP contribution is 2.44. The number of nitrogens with zero attached hydrogens (tertiary/aromatic N) is 1. The minimum atomic E-state index is -0.439. The lowest BCUT2D eigenvalue weighted by atomic mass is 9.85. The molecule has 0 atom stereocenters. The number of fused-ring (bicyclic) bond motifs is 1. The van der Waals surface area contributed by atoms with Gasteiger partial charge in [0.1, 0.15) is 17.0 Å². The molecule has 1 aromatic rings. The molecule has 3 heterocycles. The van der Waals surface area contributed by atoms with Gasteiger partial charge in [0, 0.05) is 36.9 Å². The predicted molar refractivity (Wildman–Crippen MR) is 90.7 cm³/mol. The summed E-state index contributed by atoms with van der Waals surface area (Å²) in [5.74, 6) is 1.02. The van der Waals surface area contributed by atoms with E-state index in [1.807, 2.05) is 20.8 Å². The fourth-order valence-electron chi connectivity index (χ4n) is 3.04. The smallest absolute Gasteiger partial charge is 0.410 e. The van der Waals surface area contributed by atoms with Gasteiger partial charge in [0.25, 0.3) is 0 Å². The number of halogens is 1. The van der Waals surface area contributed by atoms with Crippen LogP contribution < -0.4 is 4.74 Å². The number of rotatable bonds is 0. The first-order chi connectivity index (χ1) is 10.3. The van der Waals surface area contributed by atoms with Gasteiger partial charge in [0.2, 0.25) is 0 Å². The maximum Gasteiger partial charge on any atom is 0.410 e. The van der Waals surface area contributed by atoms with E-state index in [9.17, 15) is 4.79 Å². The Hall–Kier alpha value is -0.750. The van der Waals surface area contributed by atoms with Crippen molar-refractivity contribution in [3.63, 3.8) is 0 Å². The van der Waals surface area contributed by atoms with Gasteiger partial charge in [-0.3, -0.25) is 0 Å². The Morgan fingerprint density at radius 2 is 2.05 bits per heavy atom. The van der Waals surface area contributed by atoms with Crippen LogP contribution in [0.4, 0.5) is 4.79 Å². The zero-order valence-corrected chi connectivity index (χ0v) is 15.7. The van der Waals surface area contributed by atoms with E-state index < -0.39 is 5.60 Å². The lowest BCUT2D eigenvalue weighted by Crippen LogP contribution is -2.51. The summed E-state index contributed by atoms with van der Waals surface area (Å²) in [4.78, 5) is 15.3. The van der Waals surface area contributed by atoms with Crippen molar-refractivity contribution in [2.75, 3.05) is 13.1 Å². The largest absolute Gasteiger partial charge is 0.486 e. The minimum absolute atomic E-state index is 0.105. The summed E-state index contributed by atoms with van der Waals surface area (Å²) in [6, 6.07) is 2.07. The first kappa shape index (κ1) is 16.1. The van der Waals surface area contributed by atoms with E-state index in [0.717, 1.165) is 35.2 Å². The second-order valence-corrected chi connectivity index (χ2v) is 9.61. The molecule has 0 aliphatic carbocycles. The van der Waals surface area contributed by atoms with Gasteiger partial charge in [-0.05, 0) is 49.5 Å². The molecule has 2 aliphatic heterocycles. The molecule has 0 N–H and O–H groups in total. The van der Waals surface area contributed by atoms with Gasteiger partial charge < -0.3 is 14.4 Å². The third-order valence-corrected chi connectivity index (χ3v) is 5.88. The highest BCUT2D eigenvalue weighted by molar-refractivity contribution is 9.11. The van der Waals surface area contributed by atoms with Gasteiger partial charge in [-0.25, -0.2) is 4.79 Å². The summed E-state index contributed by atoms with van der Waals surface area (Å²) in [6.07, 6.45) is 3.64. The van der Waals surface area contributed by atoms with Crippen molar-refractivity contribution in [1.29, 1.82) is 0 Å². The number of thiophene rings is 1. The van der Waals surface area contributed by atoms with Crippen molar-refractivity contribution in [1.82, 2.24) is 4.90 Å². The van der Waals surface area contributed by atoms with Gasteiger partial charge >= 0.3 is 6.09 Å². The maximum absolute atomic E-state index is 12.1. The Morgan fingerprint density at radius 1 is 1.36 bits per heavy atom. The Morgan fingerprint density at radius 3 is 2.68 bits per heavy atom. The molecular formula is C16H22BrNO3S. The topological polar surface area (TPSA) is 38.8 Å². The second kappa shape index (κ2) is 5.71. The van der Waals surface area contributed by atoms with Crippen LogP contribution in [0.15, 0.2) is 9.85 Å². The second-order valence-electron chi connectivity index (χ2n) is 7.09. The minimum Gasteiger partial charge on any atom is -0.486 e. The Kier molecular flexibility index (Phi) is 4.18. The van der Waals surface area contributed by atoms with Gasteiger partial charge in [0.15, 0.2) is 0 Å². The average Bonchev–Trinajstić information content (AvgIpc) is 2.76. The van der Waals surface area contributed by atoms with E-state index in [0.29, 0.717) is 13.1 Å². The Bertz CT molecular complexity index is 570. The van der Waals surface area contributed by atoms with Crippen LogP contribution in [0.3, 0.4) is 0 Å². The molecule has 0 radical (unpaired) electrons. The van der Waals surface area contributed by atoms with E-state index in [1.165, 1.54) is 4.88 Å². The summed E-state index contributed by atoms with van der Waals surface area (Å²) in [5, 5.41) is 0. The zero-order valence-electron chi connectivity index (χ0n) is 13.3. The number of aryl methyl sites for hydroxylation is 1. The van der Waals surface area contributed by atoms with E-state index in [-0.39, 0.29) is 11.7 Å². The molecule has 122 valence electrons. The zero-order chi connectivity index (χ0) is 16.0. The first-order valence-corrected chi connectivity index (χ1v) is 9.32. The normalized spacial score (nSPS) is 20.5. The monoisotopic (exact) mass is 387 g/mol. The molecule has 0 bridgehead atoms. The van der Waals surface area contributed by atoms with Crippen molar-refractivity contribution < 1.29 is 14.3 Å². The van der Waals surface area contributed by atoms with Crippen molar-refractivity contribution >= 4 is 33.4 Å². The van der Waals surface area contributed by atoms with Crippen molar-refractivity contribution in [2.45, 2.75) is 57.7 Å². The third-order valence-electron chi connectivity index (χ3n) is 4.20. The van der Waals surface area contributed by atoms with Crippen molar-refractivity contribution in [3.05, 3.63) is 14.7 Å². The van der Waals surface area contributed by atoms with Gasteiger partial charge in [-0.1, -0.05) is 0 Å². The van der Waals surface area contributed by atoms with E-state index >= 15 is 0 Å². The molecule has 1 fully saturated rings. The number of piperidine rings is 1. The SMILES string of the molecule is CC(C)(C)OC(=O)N1CCC2(CCc3sc(Br)cc3O2)CC1. The number of amides is 1. The van der Waals surface area contributed by atoms with Crippen LogP contribution in [0.1, 0.15) is 44.9 Å². The molecule has 0 unspecified atom stereocenters. The number of carbonyl (C=O) groups excluding carboxylic acids is 1. The molecule has 0 aromatic carbocycles. The standard InChI is InChI=1S/C16H22BrNO3S/c1-15(2,3)21-14(19)18-8-6-16(7-9-18)5-4-12-11(20-16)10-13(17)22-12/h10H,4-9H2,1-3H3. The van der Waals surface area contributed by atoms with Gasteiger partial charge in [0.05, 0.1) is 3.79 Å². The molecule has 4 nitrogen and oxygen atoms in total. The lowest BCUT2D eigenvalue weighted by molar-refractivity contribution is -0.0266. The van der Waals surface area contributed by atoms with Crippen molar-refractivity contribution in [3.8, 4) is 5.75 Å². The number of hydrogen-bond acceptors (Lipinski definition) is 4. The highest BCUT2D eigenvalue weighted by Gasteiger charge is 2.41. The number of hydrogen-bond donors (Lipinski definition) is 0. The fraction of sp³-hybridized carbons (Fsp3) is 0.688. The van der Waals surface area contributed by atoms with Crippen LogP contribution in [0, 0.1) is 0 Å². The predicted octanol–water partition coefficient (Wildman–Crippen LogP) is 4.61. The van der Waals surface area contributed by atoms with Crippen LogP contribution in [-0.4, -0.2) is 35.3 Å². The summed E-state index contributed by atoms with van der Waals surface area (Å²) in [5.41, 5.74) is -0.544. The first-order valence-electron chi connectivity index (χ1n) is 7.72. The van der Waals surface area contributed by atoms with E-state index in [1.54, 1.807) is 16.2 Å². The van der Waals surface area contributed by atoms with Crippen LogP contribution in [0.25, 0.3) is 0 Å². The molecule has 2 aliphatic rings. The molecule has 0 saturated carbocycles. The number of ether oxygens (including phenoxy) is 2. The van der Waals surface area contributed by atoms with Crippen LogP contribution >= 0.6 is 27.3 Å². The number of likely N-dealkylation sites (tertiary alicyclic amines) is 1. The average molecular weight is 388 g/mol. The molecule has 3 rings (SSSR count). The van der Waals surface area contributed by atoms with Crippen LogP contribution in [-0.2, 0) is 11.2 Å². The molecule has 1 saturated heterocycles. The molecule has 22 heavy (non-hydrogen) atoms. The van der Waals surface area contributed by atoms with Gasteiger partial charge in [-0.15, -0.1) is 11.3 Å². The highest BCUT2D eigenvalue weighted by atomic mass is 79.9. The summed E-state index contributed by atoms with van der Waals surface area (Å²) in [6.45, 7) is 7.11. The summed E-state index contributed by atoms with van der Waals surface area (Å²) >= 11 is 5.29. The van der Waals surface area contributed by atoms with Crippen LogP contribution in [0.5, 0.6) is 5.75 Å². The van der Waals surface area contributed by atoms with E-state index in [4.69, 9.17) is 9.47 Å². The van der Waals surface area contributed by atoms with E-state index in [2.05, 4.69) is 22.0 Å². The molecule has 1 amide bonds. The van der Waals surface area contributed by atoms with Crippen LogP contribution in [0.2, 0.25) is 0 Å². The summed E-state index contributed by atoms with van der Waals surface area (Å²) in [7, 11) is 0. The molecular weight excluding hydrogens is 366 g/mol. The Labute approximate surface area is 143 Å². The molecule has 1 aromatic heterocycles.